The van der Waals surface area contributed by atoms with Crippen molar-refractivity contribution in [1.82, 2.24) is 19.7 Å². The summed E-state index contributed by atoms with van der Waals surface area (Å²) >= 11 is 1.65. The molecule has 1 aromatic heterocycles. The molecule has 1 fully saturated rings. The summed E-state index contributed by atoms with van der Waals surface area (Å²) in [6.07, 6.45) is 2.51. The Morgan fingerprint density at radius 3 is 2.45 bits per heavy atom. The first-order valence-electron chi connectivity index (χ1n) is 9.77. The van der Waals surface area contributed by atoms with Gasteiger partial charge in [-0.1, -0.05) is 42.1 Å². The molecule has 1 aliphatic heterocycles. The van der Waals surface area contributed by atoms with Crippen LogP contribution in [0, 0.1) is 0 Å². The molecule has 2 aromatic carbocycles. The lowest BCUT2D eigenvalue weighted by Crippen LogP contribution is -2.21. The fraction of sp³-hybridized carbons (Fsp3) is 0.318. The van der Waals surface area contributed by atoms with Crippen LogP contribution in [0.4, 0.5) is 0 Å². The van der Waals surface area contributed by atoms with Crippen molar-refractivity contribution in [2.75, 3.05) is 20.2 Å². The minimum Gasteiger partial charge on any atom is -0.465 e. The molecule has 1 saturated heterocycles. The summed E-state index contributed by atoms with van der Waals surface area (Å²) in [5, 5.41) is 9.87. The summed E-state index contributed by atoms with van der Waals surface area (Å²) in [6, 6.07) is 17.8. The Labute approximate surface area is 174 Å². The number of carbonyl (C=O) groups is 1. The third-order valence-corrected chi connectivity index (χ3v) is 6.02. The van der Waals surface area contributed by atoms with Crippen molar-refractivity contribution >= 4 is 17.7 Å². The lowest BCUT2D eigenvalue weighted by molar-refractivity contribution is 0.0600. The Balaban J connectivity index is 1.53. The average Bonchev–Trinajstić information content (AvgIpc) is 3.43. The highest BCUT2D eigenvalue weighted by Crippen LogP contribution is 2.26. The highest BCUT2D eigenvalue weighted by molar-refractivity contribution is 7.98. The van der Waals surface area contributed by atoms with Crippen LogP contribution in [0.25, 0.3) is 5.69 Å². The largest absolute Gasteiger partial charge is 0.465 e. The van der Waals surface area contributed by atoms with Crippen molar-refractivity contribution in [2.45, 2.75) is 30.3 Å². The number of likely N-dealkylation sites (tertiary alicyclic amines) is 1. The number of benzene rings is 2. The Hall–Kier alpha value is -2.64. The predicted molar refractivity (Wildman–Crippen MR) is 113 cm³/mol. The van der Waals surface area contributed by atoms with Gasteiger partial charge in [0.05, 0.1) is 19.2 Å². The molecule has 0 saturated carbocycles. The highest BCUT2D eigenvalue weighted by atomic mass is 32.2. The van der Waals surface area contributed by atoms with E-state index in [4.69, 9.17) is 4.74 Å². The molecule has 3 aromatic rings. The summed E-state index contributed by atoms with van der Waals surface area (Å²) < 4.78 is 6.92. The van der Waals surface area contributed by atoms with Crippen molar-refractivity contribution in [3.63, 3.8) is 0 Å². The topological polar surface area (TPSA) is 60.2 Å². The molecule has 150 valence electrons. The van der Waals surface area contributed by atoms with Gasteiger partial charge in [0.25, 0.3) is 0 Å². The first-order chi connectivity index (χ1) is 14.2. The molecule has 0 spiro atoms. The summed E-state index contributed by atoms with van der Waals surface area (Å²) in [6.45, 7) is 3.06. The van der Waals surface area contributed by atoms with Crippen molar-refractivity contribution in [2.24, 2.45) is 0 Å². The molecule has 0 amide bonds. The first-order valence-corrected chi connectivity index (χ1v) is 10.8. The van der Waals surface area contributed by atoms with Crippen LogP contribution in [-0.2, 0) is 17.0 Å². The van der Waals surface area contributed by atoms with E-state index in [0.29, 0.717) is 5.56 Å². The molecule has 0 bridgehead atoms. The van der Waals surface area contributed by atoms with E-state index in [1.54, 1.807) is 23.9 Å². The quantitative estimate of drug-likeness (QED) is 0.436. The lowest BCUT2D eigenvalue weighted by atomic mass is 10.1. The Morgan fingerprint density at radius 1 is 1.03 bits per heavy atom. The van der Waals surface area contributed by atoms with Crippen molar-refractivity contribution in [1.29, 1.82) is 0 Å². The molecule has 0 atom stereocenters. The van der Waals surface area contributed by atoms with Crippen LogP contribution in [0.5, 0.6) is 0 Å². The van der Waals surface area contributed by atoms with Crippen molar-refractivity contribution in [3.8, 4) is 5.69 Å². The van der Waals surface area contributed by atoms with Gasteiger partial charge in [-0.15, -0.1) is 10.2 Å². The van der Waals surface area contributed by atoms with Gasteiger partial charge in [0.2, 0.25) is 0 Å². The smallest absolute Gasteiger partial charge is 0.337 e. The van der Waals surface area contributed by atoms with E-state index >= 15 is 0 Å². The molecule has 0 N–H and O–H groups in total. The summed E-state index contributed by atoms with van der Waals surface area (Å²) in [7, 11) is 1.39. The second-order valence-electron chi connectivity index (χ2n) is 7.03. The maximum Gasteiger partial charge on any atom is 0.337 e. The van der Waals surface area contributed by atoms with Gasteiger partial charge in [0.15, 0.2) is 11.0 Å². The lowest BCUT2D eigenvalue weighted by Gasteiger charge is -2.16. The molecular weight excluding hydrogens is 384 g/mol. The second-order valence-corrected chi connectivity index (χ2v) is 7.97. The number of methoxy groups -OCH3 is 1. The van der Waals surface area contributed by atoms with Crippen LogP contribution in [0.2, 0.25) is 0 Å². The SMILES string of the molecule is COC(=O)c1ccc(CSc2nnc(CN3CCCC3)n2-c2ccccc2)cc1. The van der Waals surface area contributed by atoms with Gasteiger partial charge < -0.3 is 4.74 Å². The zero-order chi connectivity index (χ0) is 20.1. The van der Waals surface area contributed by atoms with E-state index in [0.717, 1.165) is 47.6 Å². The number of nitrogens with zero attached hydrogens (tertiary/aromatic N) is 4. The van der Waals surface area contributed by atoms with Gasteiger partial charge in [-0.25, -0.2) is 4.79 Å². The molecule has 0 unspecified atom stereocenters. The monoisotopic (exact) mass is 408 g/mol. The molecule has 1 aliphatic rings. The normalized spacial score (nSPS) is 14.2. The van der Waals surface area contributed by atoms with Gasteiger partial charge in [0, 0.05) is 11.4 Å². The van der Waals surface area contributed by atoms with Crippen LogP contribution in [0.15, 0.2) is 59.8 Å². The van der Waals surface area contributed by atoms with E-state index in [9.17, 15) is 4.79 Å². The third kappa shape index (κ3) is 4.68. The number of aromatic nitrogens is 3. The molecule has 7 heteroatoms. The van der Waals surface area contributed by atoms with Crippen LogP contribution in [0.3, 0.4) is 0 Å². The first kappa shape index (κ1) is 19.7. The van der Waals surface area contributed by atoms with Crippen LogP contribution in [0.1, 0.15) is 34.6 Å². The van der Waals surface area contributed by atoms with E-state index in [2.05, 4.69) is 31.8 Å². The van der Waals surface area contributed by atoms with Crippen molar-refractivity contribution in [3.05, 3.63) is 71.5 Å². The molecule has 0 radical (unpaired) electrons. The standard InChI is InChI=1S/C22H24N4O2S/c1-28-21(27)18-11-9-17(10-12-18)16-29-22-24-23-20(15-25-13-5-6-14-25)26(22)19-7-3-2-4-8-19/h2-4,7-12H,5-6,13-16H2,1H3. The maximum absolute atomic E-state index is 11.6. The summed E-state index contributed by atoms with van der Waals surface area (Å²) in [4.78, 5) is 14.0. The molecule has 29 heavy (non-hydrogen) atoms. The van der Waals surface area contributed by atoms with Crippen LogP contribution < -0.4 is 0 Å². The fourth-order valence-corrected chi connectivity index (χ4v) is 4.40. The van der Waals surface area contributed by atoms with Crippen LogP contribution in [-0.4, -0.2) is 45.8 Å². The van der Waals surface area contributed by atoms with E-state index in [1.807, 2.05) is 30.3 Å². The summed E-state index contributed by atoms with van der Waals surface area (Å²) in [5.74, 6) is 1.40. The third-order valence-electron chi connectivity index (χ3n) is 5.02. The van der Waals surface area contributed by atoms with Gasteiger partial charge >= 0.3 is 5.97 Å². The predicted octanol–water partition coefficient (Wildman–Crippen LogP) is 3.94. The zero-order valence-electron chi connectivity index (χ0n) is 16.5. The second kappa shape index (κ2) is 9.24. The van der Waals surface area contributed by atoms with E-state index in [1.165, 1.54) is 20.0 Å². The maximum atomic E-state index is 11.6. The zero-order valence-corrected chi connectivity index (χ0v) is 17.3. The fourth-order valence-electron chi connectivity index (χ4n) is 3.48. The Morgan fingerprint density at radius 2 is 1.76 bits per heavy atom. The summed E-state index contributed by atoms with van der Waals surface area (Å²) in [5.41, 5.74) is 2.75. The van der Waals surface area contributed by atoms with Gasteiger partial charge in [-0.2, -0.15) is 0 Å². The molecule has 4 rings (SSSR count). The minimum atomic E-state index is -0.320. The van der Waals surface area contributed by atoms with Gasteiger partial charge in [-0.05, 0) is 55.8 Å². The van der Waals surface area contributed by atoms with E-state index < -0.39 is 0 Å². The number of para-hydroxylation sites is 1. The Kier molecular flexibility index (Phi) is 6.27. The van der Waals surface area contributed by atoms with Gasteiger partial charge in [0.1, 0.15) is 0 Å². The Bertz CT molecular complexity index is 951. The average molecular weight is 409 g/mol. The van der Waals surface area contributed by atoms with E-state index in [-0.39, 0.29) is 5.97 Å². The number of carbonyl (C=O) groups excluding carboxylic acids is 1. The molecule has 6 nitrogen and oxygen atoms in total. The highest BCUT2D eigenvalue weighted by Gasteiger charge is 2.19. The number of hydrogen-bond donors (Lipinski definition) is 0. The number of esters is 1. The number of ether oxygens (including phenoxy) is 1. The molecule has 2 heterocycles. The molecule has 0 aliphatic carbocycles. The number of thioether (sulfide) groups is 1. The molecular formula is C22H24N4O2S. The minimum absolute atomic E-state index is 0.320. The van der Waals surface area contributed by atoms with Crippen molar-refractivity contribution < 1.29 is 9.53 Å². The van der Waals surface area contributed by atoms with Crippen LogP contribution >= 0.6 is 11.8 Å². The van der Waals surface area contributed by atoms with Gasteiger partial charge in [-0.3, -0.25) is 9.47 Å². The number of hydrogen-bond acceptors (Lipinski definition) is 6. The number of rotatable bonds is 7.